The van der Waals surface area contributed by atoms with E-state index < -0.39 is 4.92 Å². The number of anilines is 2. The number of nitrogens with one attached hydrogen (secondary N) is 1. The van der Waals surface area contributed by atoms with Crippen LogP contribution in [0.1, 0.15) is 24.0 Å². The van der Waals surface area contributed by atoms with E-state index >= 15 is 0 Å². The largest absolute Gasteiger partial charge is 0.340 e. The van der Waals surface area contributed by atoms with Crippen LogP contribution in [0.5, 0.6) is 0 Å². The Kier molecular flexibility index (Phi) is 3.75. The molecule has 0 bridgehead atoms. The smallest absolute Gasteiger partial charge is 0.276 e. The number of rotatable bonds is 3. The summed E-state index contributed by atoms with van der Waals surface area (Å²) in [6.45, 7) is 0. The molecule has 6 heteroatoms. The van der Waals surface area contributed by atoms with Gasteiger partial charge in [0.15, 0.2) is 0 Å². The molecule has 1 aliphatic rings. The van der Waals surface area contributed by atoms with E-state index in [1.807, 2.05) is 12.1 Å². The molecule has 0 aliphatic heterocycles. The van der Waals surface area contributed by atoms with Gasteiger partial charge in [0.1, 0.15) is 11.0 Å². The third-order valence-corrected chi connectivity index (χ3v) is 3.84. The molecule has 0 fully saturated rings. The zero-order chi connectivity index (χ0) is 14.8. The second kappa shape index (κ2) is 5.69. The highest BCUT2D eigenvalue weighted by Crippen LogP contribution is 2.30. The molecule has 0 saturated carbocycles. The number of halogens is 1. The highest BCUT2D eigenvalue weighted by Gasteiger charge is 2.15. The zero-order valence-electron chi connectivity index (χ0n) is 11.3. The number of nitrogens with zero attached hydrogens (tertiary/aromatic N) is 2. The van der Waals surface area contributed by atoms with Crippen molar-refractivity contribution in [1.29, 1.82) is 0 Å². The summed E-state index contributed by atoms with van der Waals surface area (Å²) in [4.78, 5) is 14.5. The number of aryl methyl sites for hydroxylation is 1. The molecule has 0 unspecified atom stereocenters. The fraction of sp³-hybridized carbons (Fsp3) is 0.267. The first-order chi connectivity index (χ1) is 10.1. The topological polar surface area (TPSA) is 68.1 Å². The van der Waals surface area contributed by atoms with Gasteiger partial charge in [-0.05, 0) is 42.9 Å². The van der Waals surface area contributed by atoms with Crippen molar-refractivity contribution in [2.24, 2.45) is 0 Å². The molecule has 1 aromatic carbocycles. The van der Waals surface area contributed by atoms with Crippen LogP contribution >= 0.6 is 11.6 Å². The van der Waals surface area contributed by atoms with Gasteiger partial charge in [-0.3, -0.25) is 10.1 Å². The Hall–Kier alpha value is -2.14. The maximum Gasteiger partial charge on any atom is 0.276 e. The van der Waals surface area contributed by atoms with Gasteiger partial charge in [0, 0.05) is 5.69 Å². The molecule has 1 aliphatic carbocycles. The molecule has 1 aromatic heterocycles. The van der Waals surface area contributed by atoms with Crippen LogP contribution in [0.3, 0.4) is 0 Å². The van der Waals surface area contributed by atoms with E-state index in [1.165, 1.54) is 29.7 Å². The van der Waals surface area contributed by atoms with Gasteiger partial charge in [0.05, 0.1) is 17.1 Å². The van der Waals surface area contributed by atoms with Crippen molar-refractivity contribution >= 4 is 28.8 Å². The van der Waals surface area contributed by atoms with Crippen molar-refractivity contribution < 1.29 is 4.92 Å². The Morgan fingerprint density at radius 3 is 2.86 bits per heavy atom. The number of fused-ring (bicyclic) bond motifs is 1. The lowest BCUT2D eigenvalue weighted by Gasteiger charge is -2.19. The summed E-state index contributed by atoms with van der Waals surface area (Å²) >= 11 is 5.85. The Balaban J connectivity index is 1.95. The molecule has 1 heterocycles. The molecule has 5 nitrogen and oxygen atoms in total. The highest BCUT2D eigenvalue weighted by molar-refractivity contribution is 6.29. The lowest BCUT2D eigenvalue weighted by molar-refractivity contribution is -0.384. The molecule has 0 atom stereocenters. The lowest BCUT2D eigenvalue weighted by atomic mass is 9.90. The predicted molar refractivity (Wildman–Crippen MR) is 82.3 cm³/mol. The van der Waals surface area contributed by atoms with Crippen LogP contribution in [0.2, 0.25) is 5.15 Å². The first-order valence-electron chi connectivity index (χ1n) is 6.83. The normalized spacial score (nSPS) is 13.6. The van der Waals surface area contributed by atoms with Crippen LogP contribution in [-0.4, -0.2) is 9.91 Å². The minimum Gasteiger partial charge on any atom is -0.340 e. The van der Waals surface area contributed by atoms with Gasteiger partial charge in [-0.1, -0.05) is 23.7 Å². The molecular formula is C15H14ClN3O2. The maximum atomic E-state index is 10.9. The fourth-order valence-corrected chi connectivity index (χ4v) is 2.89. The molecule has 3 rings (SSSR count). The van der Waals surface area contributed by atoms with E-state index in [0.29, 0.717) is 5.82 Å². The number of hydrogen-bond acceptors (Lipinski definition) is 4. The molecule has 0 saturated heterocycles. The van der Waals surface area contributed by atoms with Crippen molar-refractivity contribution in [2.75, 3.05) is 5.32 Å². The van der Waals surface area contributed by atoms with E-state index in [1.54, 1.807) is 0 Å². The SMILES string of the molecule is O=[N+]([O-])c1cc(Cl)nc(Nc2cccc3c2CCCC3)c1. The molecule has 0 amide bonds. The van der Waals surface area contributed by atoms with Crippen LogP contribution in [-0.2, 0) is 12.8 Å². The molecule has 0 radical (unpaired) electrons. The molecule has 0 spiro atoms. The summed E-state index contributed by atoms with van der Waals surface area (Å²) in [5.74, 6) is 0.396. The molecular weight excluding hydrogens is 290 g/mol. The van der Waals surface area contributed by atoms with Gasteiger partial charge in [0.25, 0.3) is 5.69 Å². The van der Waals surface area contributed by atoms with E-state index in [9.17, 15) is 10.1 Å². The highest BCUT2D eigenvalue weighted by atomic mass is 35.5. The quantitative estimate of drug-likeness (QED) is 0.522. The molecule has 108 valence electrons. The summed E-state index contributed by atoms with van der Waals surface area (Å²) in [7, 11) is 0. The van der Waals surface area contributed by atoms with Crippen molar-refractivity contribution in [2.45, 2.75) is 25.7 Å². The monoisotopic (exact) mass is 303 g/mol. The summed E-state index contributed by atoms with van der Waals surface area (Å²) in [5, 5.41) is 14.2. The average molecular weight is 304 g/mol. The van der Waals surface area contributed by atoms with Gasteiger partial charge in [-0.2, -0.15) is 0 Å². The first kappa shape index (κ1) is 13.8. The Bertz CT molecular complexity index is 703. The third kappa shape index (κ3) is 2.97. The van der Waals surface area contributed by atoms with Gasteiger partial charge in [0.2, 0.25) is 0 Å². The van der Waals surface area contributed by atoms with Crippen molar-refractivity contribution in [3.05, 3.63) is 56.7 Å². The number of benzene rings is 1. The van der Waals surface area contributed by atoms with Gasteiger partial charge < -0.3 is 5.32 Å². The van der Waals surface area contributed by atoms with Crippen LogP contribution in [0.15, 0.2) is 30.3 Å². The Morgan fingerprint density at radius 2 is 2.05 bits per heavy atom. The van der Waals surface area contributed by atoms with E-state index in [2.05, 4.69) is 16.4 Å². The van der Waals surface area contributed by atoms with Gasteiger partial charge in [-0.25, -0.2) is 4.98 Å². The van der Waals surface area contributed by atoms with Crippen molar-refractivity contribution in [1.82, 2.24) is 4.98 Å². The second-order valence-corrected chi connectivity index (χ2v) is 5.45. The van der Waals surface area contributed by atoms with Gasteiger partial charge in [-0.15, -0.1) is 0 Å². The lowest BCUT2D eigenvalue weighted by Crippen LogP contribution is -2.06. The number of hydrogen-bond donors (Lipinski definition) is 1. The van der Waals surface area contributed by atoms with E-state index in [4.69, 9.17) is 11.6 Å². The summed E-state index contributed by atoms with van der Waals surface area (Å²) in [6, 6.07) is 8.73. The number of nitro groups is 1. The fourth-order valence-electron chi connectivity index (χ4n) is 2.69. The molecule has 1 N–H and O–H groups in total. The molecule has 2 aromatic rings. The van der Waals surface area contributed by atoms with Crippen LogP contribution in [0, 0.1) is 10.1 Å². The predicted octanol–water partition coefficient (Wildman–Crippen LogP) is 4.27. The zero-order valence-corrected chi connectivity index (χ0v) is 12.1. The Morgan fingerprint density at radius 1 is 1.24 bits per heavy atom. The van der Waals surface area contributed by atoms with Crippen LogP contribution < -0.4 is 5.32 Å². The number of pyridine rings is 1. The maximum absolute atomic E-state index is 10.9. The van der Waals surface area contributed by atoms with Crippen molar-refractivity contribution in [3.8, 4) is 0 Å². The average Bonchev–Trinajstić information content (AvgIpc) is 2.47. The van der Waals surface area contributed by atoms with Crippen molar-refractivity contribution in [3.63, 3.8) is 0 Å². The number of aromatic nitrogens is 1. The first-order valence-corrected chi connectivity index (χ1v) is 7.21. The van der Waals surface area contributed by atoms with E-state index in [-0.39, 0.29) is 10.8 Å². The summed E-state index contributed by atoms with van der Waals surface area (Å²) in [5.41, 5.74) is 3.49. The van der Waals surface area contributed by atoms with Crippen LogP contribution in [0.25, 0.3) is 0 Å². The standard InChI is InChI=1S/C15H14ClN3O2/c16-14-8-11(19(20)21)9-15(18-14)17-13-7-3-5-10-4-1-2-6-12(10)13/h3,5,7-9H,1-2,4,6H2,(H,17,18). The summed E-state index contributed by atoms with van der Waals surface area (Å²) < 4.78 is 0. The van der Waals surface area contributed by atoms with Crippen LogP contribution in [0.4, 0.5) is 17.2 Å². The minimum atomic E-state index is -0.473. The Labute approximate surface area is 127 Å². The summed E-state index contributed by atoms with van der Waals surface area (Å²) in [6.07, 6.45) is 4.46. The third-order valence-electron chi connectivity index (χ3n) is 3.65. The minimum absolute atomic E-state index is 0.0673. The molecule has 21 heavy (non-hydrogen) atoms. The van der Waals surface area contributed by atoms with E-state index in [0.717, 1.165) is 24.9 Å². The van der Waals surface area contributed by atoms with Gasteiger partial charge >= 0.3 is 0 Å². The second-order valence-electron chi connectivity index (χ2n) is 5.07.